The van der Waals surface area contributed by atoms with E-state index in [1.807, 2.05) is 32.9 Å². The highest BCUT2D eigenvalue weighted by molar-refractivity contribution is 6.32. The van der Waals surface area contributed by atoms with Crippen molar-refractivity contribution in [2.24, 2.45) is 10.8 Å². The fourth-order valence-electron chi connectivity index (χ4n) is 2.58. The van der Waals surface area contributed by atoms with E-state index < -0.39 is 6.03 Å². The van der Waals surface area contributed by atoms with Gasteiger partial charge in [0.05, 0.1) is 26.0 Å². The minimum atomic E-state index is -0.725. The maximum Gasteiger partial charge on any atom is 0.332 e. The van der Waals surface area contributed by atoms with E-state index in [4.69, 9.17) is 31.5 Å². The number of carbonyl (C=O) groups excluding carboxylic acids is 1. The molecule has 0 heterocycles. The zero-order valence-electron chi connectivity index (χ0n) is 16.8. The molecule has 0 saturated heterocycles. The summed E-state index contributed by atoms with van der Waals surface area (Å²) < 4.78 is 17.2. The lowest BCUT2D eigenvalue weighted by molar-refractivity contribution is 0.236. The molecule has 156 valence electrons. The van der Waals surface area contributed by atoms with Crippen LogP contribution >= 0.6 is 11.6 Å². The van der Waals surface area contributed by atoms with E-state index in [1.165, 1.54) is 6.21 Å². The fraction of sp³-hybridized carbons (Fsp3) is 0.333. The number of hydrogen-bond donors (Lipinski definition) is 2. The Bertz CT molecular complexity index is 848. The molecule has 2 amide bonds. The molecule has 0 radical (unpaired) electrons. The van der Waals surface area contributed by atoms with Gasteiger partial charge in [-0.15, -0.1) is 0 Å². The first-order valence-corrected chi connectivity index (χ1v) is 9.66. The second-order valence-electron chi connectivity index (χ2n) is 6.29. The van der Waals surface area contributed by atoms with Crippen LogP contribution in [0.25, 0.3) is 0 Å². The quantitative estimate of drug-likeness (QED) is 0.342. The SMILES string of the molecule is CCOc1cc(C=NNC(N)=O)ccc1OCCCOc1cc(C)c(Cl)c(C)c1. The first-order valence-electron chi connectivity index (χ1n) is 9.28. The third-order valence-corrected chi connectivity index (χ3v) is 4.48. The van der Waals surface area contributed by atoms with E-state index in [-0.39, 0.29) is 0 Å². The normalized spacial score (nSPS) is 10.8. The van der Waals surface area contributed by atoms with Gasteiger partial charge in [-0.05, 0) is 67.8 Å². The van der Waals surface area contributed by atoms with Gasteiger partial charge in [-0.1, -0.05) is 11.6 Å². The van der Waals surface area contributed by atoms with E-state index in [9.17, 15) is 4.79 Å². The summed E-state index contributed by atoms with van der Waals surface area (Å²) in [6.45, 7) is 7.30. The highest BCUT2D eigenvalue weighted by Crippen LogP contribution is 2.28. The van der Waals surface area contributed by atoms with Gasteiger partial charge in [-0.25, -0.2) is 10.2 Å². The molecule has 3 N–H and O–H groups in total. The van der Waals surface area contributed by atoms with Gasteiger partial charge in [0.25, 0.3) is 0 Å². The monoisotopic (exact) mass is 419 g/mol. The predicted molar refractivity (Wildman–Crippen MR) is 114 cm³/mol. The third kappa shape index (κ3) is 7.19. The van der Waals surface area contributed by atoms with Crippen LogP contribution in [0, 0.1) is 13.8 Å². The van der Waals surface area contributed by atoms with E-state index in [0.717, 1.165) is 27.5 Å². The number of amides is 2. The number of ether oxygens (including phenoxy) is 3. The molecule has 29 heavy (non-hydrogen) atoms. The Kier molecular flexibility index (Phi) is 8.61. The lowest BCUT2D eigenvalue weighted by Gasteiger charge is -2.13. The van der Waals surface area contributed by atoms with Crippen molar-refractivity contribution in [1.82, 2.24) is 5.43 Å². The van der Waals surface area contributed by atoms with Gasteiger partial charge >= 0.3 is 6.03 Å². The summed E-state index contributed by atoms with van der Waals surface area (Å²) in [4.78, 5) is 10.7. The minimum absolute atomic E-state index is 0.474. The Labute approximate surface area is 175 Å². The van der Waals surface area contributed by atoms with Crippen molar-refractivity contribution >= 4 is 23.8 Å². The number of nitrogens with two attached hydrogens (primary N) is 1. The molecular formula is C21H26ClN3O4. The van der Waals surface area contributed by atoms with Crippen molar-refractivity contribution in [2.75, 3.05) is 19.8 Å². The molecule has 0 aliphatic heterocycles. The number of nitrogens with one attached hydrogen (secondary N) is 1. The van der Waals surface area contributed by atoms with Crippen LogP contribution < -0.4 is 25.4 Å². The standard InChI is InChI=1S/C21H26ClN3O4/c1-4-27-19-12-16(13-24-25-21(23)26)6-7-18(19)29-9-5-8-28-17-10-14(2)20(22)15(3)11-17/h6-7,10-13H,4-5,8-9H2,1-3H3,(H3,23,25,26). The summed E-state index contributed by atoms with van der Waals surface area (Å²) in [5, 5.41) is 4.50. The van der Waals surface area contributed by atoms with E-state index in [2.05, 4.69) is 10.5 Å². The number of halogens is 1. The number of nitrogens with zero attached hydrogens (tertiary/aromatic N) is 1. The zero-order chi connectivity index (χ0) is 21.2. The van der Waals surface area contributed by atoms with Crippen molar-refractivity contribution in [2.45, 2.75) is 27.2 Å². The van der Waals surface area contributed by atoms with Crippen molar-refractivity contribution in [3.63, 3.8) is 0 Å². The Morgan fingerprint density at radius 1 is 1.10 bits per heavy atom. The molecule has 0 bridgehead atoms. The van der Waals surface area contributed by atoms with Crippen LogP contribution in [-0.2, 0) is 0 Å². The number of urea groups is 1. The number of benzene rings is 2. The van der Waals surface area contributed by atoms with Crippen LogP contribution in [0.15, 0.2) is 35.4 Å². The number of hydrazone groups is 1. The number of carbonyl (C=O) groups is 1. The van der Waals surface area contributed by atoms with Crippen LogP contribution in [-0.4, -0.2) is 32.1 Å². The number of aryl methyl sites for hydroxylation is 2. The van der Waals surface area contributed by atoms with Crippen LogP contribution in [0.1, 0.15) is 30.0 Å². The molecule has 0 atom stereocenters. The molecule has 0 unspecified atom stereocenters. The first kappa shape index (κ1) is 22.4. The van der Waals surface area contributed by atoms with Crippen molar-refractivity contribution in [1.29, 1.82) is 0 Å². The Morgan fingerprint density at radius 2 is 1.79 bits per heavy atom. The summed E-state index contributed by atoms with van der Waals surface area (Å²) in [6.07, 6.45) is 2.18. The summed E-state index contributed by atoms with van der Waals surface area (Å²) in [6, 6.07) is 8.51. The van der Waals surface area contributed by atoms with Gasteiger partial charge in [0, 0.05) is 11.4 Å². The Hall–Kier alpha value is -2.93. The van der Waals surface area contributed by atoms with Gasteiger partial charge in [0.1, 0.15) is 5.75 Å². The molecule has 0 saturated carbocycles. The molecule has 2 aromatic carbocycles. The molecule has 2 aromatic rings. The van der Waals surface area contributed by atoms with E-state index in [1.54, 1.807) is 18.2 Å². The highest BCUT2D eigenvalue weighted by atomic mass is 35.5. The Balaban J connectivity index is 1.87. The predicted octanol–water partition coefficient (Wildman–Crippen LogP) is 4.21. The third-order valence-electron chi connectivity index (χ3n) is 3.88. The van der Waals surface area contributed by atoms with Crippen molar-refractivity contribution < 1.29 is 19.0 Å². The van der Waals surface area contributed by atoms with Gasteiger partial charge in [0.2, 0.25) is 0 Å². The summed E-state index contributed by atoms with van der Waals surface area (Å²) in [5.41, 5.74) is 9.85. The molecule has 7 nitrogen and oxygen atoms in total. The van der Waals surface area contributed by atoms with Crippen LogP contribution in [0.2, 0.25) is 5.02 Å². The van der Waals surface area contributed by atoms with E-state index in [0.29, 0.717) is 37.7 Å². The summed E-state index contributed by atoms with van der Waals surface area (Å²) in [5.74, 6) is 2.03. The van der Waals surface area contributed by atoms with Crippen molar-refractivity contribution in [3.8, 4) is 17.2 Å². The second-order valence-corrected chi connectivity index (χ2v) is 6.67. The van der Waals surface area contributed by atoms with Crippen LogP contribution in [0.3, 0.4) is 0 Å². The zero-order valence-corrected chi connectivity index (χ0v) is 17.6. The average molecular weight is 420 g/mol. The molecule has 8 heteroatoms. The number of rotatable bonds is 10. The molecule has 0 fully saturated rings. The van der Waals surface area contributed by atoms with Crippen molar-refractivity contribution in [3.05, 3.63) is 52.0 Å². The largest absolute Gasteiger partial charge is 0.493 e. The average Bonchev–Trinajstić information content (AvgIpc) is 2.67. The van der Waals surface area contributed by atoms with E-state index >= 15 is 0 Å². The molecule has 2 rings (SSSR count). The molecule has 0 aliphatic rings. The van der Waals surface area contributed by atoms with Crippen LogP contribution in [0.5, 0.6) is 17.2 Å². The maximum absolute atomic E-state index is 10.7. The minimum Gasteiger partial charge on any atom is -0.493 e. The maximum atomic E-state index is 10.7. The summed E-state index contributed by atoms with van der Waals surface area (Å²) >= 11 is 6.18. The lowest BCUT2D eigenvalue weighted by Crippen LogP contribution is -2.24. The Morgan fingerprint density at radius 3 is 2.45 bits per heavy atom. The smallest absolute Gasteiger partial charge is 0.332 e. The summed E-state index contributed by atoms with van der Waals surface area (Å²) in [7, 11) is 0. The first-order chi connectivity index (χ1) is 13.9. The highest BCUT2D eigenvalue weighted by Gasteiger charge is 2.07. The fourth-order valence-corrected chi connectivity index (χ4v) is 2.69. The molecule has 0 spiro atoms. The lowest BCUT2D eigenvalue weighted by atomic mass is 10.1. The van der Waals surface area contributed by atoms with Gasteiger partial charge in [0.15, 0.2) is 11.5 Å². The number of hydrogen-bond acceptors (Lipinski definition) is 5. The van der Waals surface area contributed by atoms with Gasteiger partial charge in [-0.3, -0.25) is 0 Å². The topological polar surface area (TPSA) is 95.2 Å². The molecular weight excluding hydrogens is 394 g/mol. The van der Waals surface area contributed by atoms with Gasteiger partial charge < -0.3 is 19.9 Å². The van der Waals surface area contributed by atoms with Gasteiger partial charge in [-0.2, -0.15) is 5.10 Å². The second kappa shape index (κ2) is 11.2. The van der Waals surface area contributed by atoms with Crippen LogP contribution in [0.4, 0.5) is 4.79 Å². The number of primary amides is 1. The molecule has 0 aromatic heterocycles. The molecule has 0 aliphatic carbocycles.